The largest absolute Gasteiger partial charge is 0.481 e. The van der Waals surface area contributed by atoms with Crippen molar-refractivity contribution in [2.45, 2.75) is 25.8 Å². The molecule has 0 aromatic rings. The minimum atomic E-state index is -1.26. The van der Waals surface area contributed by atoms with Crippen molar-refractivity contribution < 1.29 is 29.3 Å². The molecule has 110 valence electrons. The van der Waals surface area contributed by atoms with E-state index in [4.69, 9.17) is 14.9 Å². The Labute approximate surface area is 111 Å². The molecule has 0 aliphatic carbocycles. The van der Waals surface area contributed by atoms with E-state index in [2.05, 4.69) is 5.32 Å². The van der Waals surface area contributed by atoms with Crippen molar-refractivity contribution in [3.05, 3.63) is 0 Å². The maximum absolute atomic E-state index is 11.6. The third-order valence-corrected chi connectivity index (χ3v) is 2.36. The first kappa shape index (κ1) is 17.2. The van der Waals surface area contributed by atoms with Gasteiger partial charge in [0.2, 0.25) is 0 Å². The van der Waals surface area contributed by atoms with E-state index in [9.17, 15) is 14.4 Å². The number of carbonyl (C=O) groups is 3. The van der Waals surface area contributed by atoms with E-state index in [1.807, 2.05) is 6.92 Å². The Bertz CT molecular complexity index is 320. The van der Waals surface area contributed by atoms with Crippen LogP contribution < -0.4 is 5.32 Å². The molecule has 0 bridgehead atoms. The highest BCUT2D eigenvalue weighted by Crippen LogP contribution is 1.99. The molecule has 1 atom stereocenters. The lowest BCUT2D eigenvalue weighted by molar-refractivity contribution is -0.140. The molecule has 0 saturated heterocycles. The zero-order chi connectivity index (χ0) is 14.8. The number of carboxylic acid groups (broad SMARTS) is 2. The standard InChI is InChI=1S/C11H20N2O6/c1-3-19-7-6-13(2)11(18)12-8(10(16)17)4-5-9(14)15/h8H,3-7H2,1-2H3,(H,12,18)(H,14,15)(H,16,17). The number of carboxylic acids is 2. The number of aliphatic carboxylic acids is 2. The number of hydrogen-bond donors (Lipinski definition) is 3. The Kier molecular flexibility index (Phi) is 8.27. The molecule has 0 saturated carbocycles. The van der Waals surface area contributed by atoms with Crippen LogP contribution in [0.4, 0.5) is 4.79 Å². The summed E-state index contributed by atoms with van der Waals surface area (Å²) in [6.07, 6.45) is -0.477. The van der Waals surface area contributed by atoms with Crippen LogP contribution >= 0.6 is 0 Å². The van der Waals surface area contributed by atoms with Crippen molar-refractivity contribution in [3.63, 3.8) is 0 Å². The lowest BCUT2D eigenvalue weighted by Crippen LogP contribution is -2.47. The Balaban J connectivity index is 4.22. The molecule has 0 aromatic heterocycles. The van der Waals surface area contributed by atoms with E-state index >= 15 is 0 Å². The van der Waals surface area contributed by atoms with Gasteiger partial charge in [0.15, 0.2) is 0 Å². The minimum absolute atomic E-state index is 0.157. The molecule has 0 aliphatic heterocycles. The lowest BCUT2D eigenvalue weighted by atomic mass is 10.1. The fourth-order valence-electron chi connectivity index (χ4n) is 1.23. The van der Waals surface area contributed by atoms with Gasteiger partial charge in [0.25, 0.3) is 0 Å². The number of rotatable bonds is 9. The molecule has 0 radical (unpaired) electrons. The quantitative estimate of drug-likeness (QED) is 0.510. The van der Waals surface area contributed by atoms with Crippen LogP contribution in [0.1, 0.15) is 19.8 Å². The molecular weight excluding hydrogens is 256 g/mol. The monoisotopic (exact) mass is 276 g/mol. The molecule has 0 fully saturated rings. The van der Waals surface area contributed by atoms with Crippen LogP contribution in [-0.2, 0) is 14.3 Å². The summed E-state index contributed by atoms with van der Waals surface area (Å²) in [6.45, 7) is 3.04. The average molecular weight is 276 g/mol. The molecule has 8 heteroatoms. The topological polar surface area (TPSA) is 116 Å². The van der Waals surface area contributed by atoms with Crippen LogP contribution in [0.15, 0.2) is 0 Å². The van der Waals surface area contributed by atoms with Crippen molar-refractivity contribution >= 4 is 18.0 Å². The highest BCUT2D eigenvalue weighted by atomic mass is 16.5. The summed E-state index contributed by atoms with van der Waals surface area (Å²) in [4.78, 5) is 34.2. The van der Waals surface area contributed by atoms with Gasteiger partial charge in [-0.1, -0.05) is 0 Å². The van der Waals surface area contributed by atoms with Crippen LogP contribution in [0.25, 0.3) is 0 Å². The number of nitrogens with zero attached hydrogens (tertiary/aromatic N) is 1. The van der Waals surface area contributed by atoms with Crippen LogP contribution in [-0.4, -0.2) is 65.9 Å². The number of ether oxygens (including phenoxy) is 1. The highest BCUT2D eigenvalue weighted by Gasteiger charge is 2.22. The van der Waals surface area contributed by atoms with Crippen molar-refractivity contribution in [2.75, 3.05) is 26.8 Å². The van der Waals surface area contributed by atoms with Crippen molar-refractivity contribution in [3.8, 4) is 0 Å². The van der Waals surface area contributed by atoms with Crippen LogP contribution in [0.5, 0.6) is 0 Å². The number of nitrogens with one attached hydrogen (secondary N) is 1. The highest BCUT2D eigenvalue weighted by molar-refractivity contribution is 5.82. The Morgan fingerprint density at radius 3 is 2.42 bits per heavy atom. The molecule has 0 rings (SSSR count). The van der Waals surface area contributed by atoms with Gasteiger partial charge < -0.3 is 25.2 Å². The molecular formula is C11H20N2O6. The summed E-state index contributed by atoms with van der Waals surface area (Å²) < 4.78 is 5.07. The maximum atomic E-state index is 11.6. The predicted octanol–water partition coefficient (Wildman–Crippen LogP) is -0.0177. The Hall–Kier alpha value is -1.83. The van der Waals surface area contributed by atoms with Gasteiger partial charge in [-0.15, -0.1) is 0 Å². The van der Waals surface area contributed by atoms with Crippen LogP contribution in [0.3, 0.4) is 0 Å². The van der Waals surface area contributed by atoms with E-state index in [-0.39, 0.29) is 12.8 Å². The number of amides is 2. The summed E-state index contributed by atoms with van der Waals surface area (Å²) >= 11 is 0. The molecule has 8 nitrogen and oxygen atoms in total. The summed E-state index contributed by atoms with van der Waals surface area (Å²) in [5.41, 5.74) is 0. The van der Waals surface area contributed by atoms with Crippen LogP contribution in [0, 0.1) is 0 Å². The number of hydrogen-bond acceptors (Lipinski definition) is 4. The summed E-state index contributed by atoms with van der Waals surface area (Å²) in [7, 11) is 1.50. The van der Waals surface area contributed by atoms with Crippen molar-refractivity contribution in [1.29, 1.82) is 0 Å². The molecule has 3 N–H and O–H groups in total. The van der Waals surface area contributed by atoms with Gasteiger partial charge in [-0.2, -0.15) is 0 Å². The first-order valence-corrected chi connectivity index (χ1v) is 5.92. The second-order valence-electron chi connectivity index (χ2n) is 3.89. The van der Waals surface area contributed by atoms with Gasteiger partial charge in [-0.25, -0.2) is 9.59 Å². The van der Waals surface area contributed by atoms with E-state index in [1.54, 1.807) is 0 Å². The third-order valence-electron chi connectivity index (χ3n) is 2.36. The molecule has 0 spiro atoms. The molecule has 19 heavy (non-hydrogen) atoms. The van der Waals surface area contributed by atoms with Gasteiger partial charge in [-0.05, 0) is 13.3 Å². The lowest BCUT2D eigenvalue weighted by Gasteiger charge is -2.21. The fourth-order valence-corrected chi connectivity index (χ4v) is 1.23. The summed E-state index contributed by atoms with van der Waals surface area (Å²) in [5, 5.41) is 19.6. The summed E-state index contributed by atoms with van der Waals surface area (Å²) in [6, 6.07) is -1.78. The van der Waals surface area contributed by atoms with E-state index < -0.39 is 24.0 Å². The molecule has 0 aromatic carbocycles. The smallest absolute Gasteiger partial charge is 0.326 e. The zero-order valence-electron chi connectivity index (χ0n) is 11.1. The predicted molar refractivity (Wildman–Crippen MR) is 65.9 cm³/mol. The maximum Gasteiger partial charge on any atom is 0.326 e. The second-order valence-corrected chi connectivity index (χ2v) is 3.89. The third kappa shape index (κ3) is 7.98. The van der Waals surface area contributed by atoms with Crippen molar-refractivity contribution in [1.82, 2.24) is 10.2 Å². The SMILES string of the molecule is CCOCCN(C)C(=O)NC(CCC(=O)O)C(=O)O. The van der Waals surface area contributed by atoms with Crippen LogP contribution in [0.2, 0.25) is 0 Å². The first-order chi connectivity index (χ1) is 8.88. The van der Waals surface area contributed by atoms with Crippen molar-refractivity contribution in [2.24, 2.45) is 0 Å². The fraction of sp³-hybridized carbons (Fsp3) is 0.727. The first-order valence-electron chi connectivity index (χ1n) is 5.92. The van der Waals surface area contributed by atoms with Gasteiger partial charge in [0, 0.05) is 26.6 Å². The number of likely N-dealkylation sites (N-methyl/N-ethyl adjacent to an activating group) is 1. The van der Waals surface area contributed by atoms with E-state index in [0.29, 0.717) is 19.8 Å². The summed E-state index contributed by atoms with van der Waals surface area (Å²) in [5.74, 6) is -2.36. The average Bonchev–Trinajstić information content (AvgIpc) is 2.33. The van der Waals surface area contributed by atoms with Gasteiger partial charge in [0.05, 0.1) is 6.61 Å². The van der Waals surface area contributed by atoms with E-state index in [1.165, 1.54) is 11.9 Å². The molecule has 0 aliphatic rings. The second kappa shape index (κ2) is 9.15. The minimum Gasteiger partial charge on any atom is -0.481 e. The van der Waals surface area contributed by atoms with E-state index in [0.717, 1.165) is 0 Å². The van der Waals surface area contributed by atoms with Gasteiger partial charge in [-0.3, -0.25) is 4.79 Å². The number of urea groups is 1. The molecule has 0 heterocycles. The number of carbonyl (C=O) groups excluding carboxylic acids is 1. The molecule has 2 amide bonds. The normalized spacial score (nSPS) is 11.7. The molecule has 1 unspecified atom stereocenters. The zero-order valence-corrected chi connectivity index (χ0v) is 11.1. The van der Waals surface area contributed by atoms with Gasteiger partial charge >= 0.3 is 18.0 Å². The Morgan fingerprint density at radius 1 is 1.32 bits per heavy atom. The van der Waals surface area contributed by atoms with Gasteiger partial charge in [0.1, 0.15) is 6.04 Å². The Morgan fingerprint density at radius 2 is 1.95 bits per heavy atom.